The van der Waals surface area contributed by atoms with Crippen LogP contribution in [0.15, 0.2) is 23.8 Å². The average molecular weight is 164 g/mol. The lowest BCUT2D eigenvalue weighted by Crippen LogP contribution is -2.31. The van der Waals surface area contributed by atoms with Crippen molar-refractivity contribution < 1.29 is 4.74 Å². The zero-order valence-electron chi connectivity index (χ0n) is 7.62. The van der Waals surface area contributed by atoms with E-state index in [1.54, 1.807) is 5.57 Å². The van der Waals surface area contributed by atoms with Crippen molar-refractivity contribution in [3.05, 3.63) is 23.8 Å². The molecular weight excluding hydrogens is 148 g/mol. The maximum atomic E-state index is 5.26. The highest BCUT2D eigenvalue weighted by atomic mass is 16.5. The van der Waals surface area contributed by atoms with Crippen LogP contribution in [0.3, 0.4) is 0 Å². The highest BCUT2D eigenvalue weighted by Gasteiger charge is 2.31. The summed E-state index contributed by atoms with van der Waals surface area (Å²) in [4.78, 5) is 0. The van der Waals surface area contributed by atoms with E-state index in [1.165, 1.54) is 25.7 Å². The van der Waals surface area contributed by atoms with Gasteiger partial charge in [-0.25, -0.2) is 0 Å². The summed E-state index contributed by atoms with van der Waals surface area (Å²) in [5.74, 6) is 0.833. The lowest BCUT2D eigenvalue weighted by atomic mass is 9.75. The topological polar surface area (TPSA) is 9.23 Å². The third-order valence-corrected chi connectivity index (χ3v) is 3.00. The van der Waals surface area contributed by atoms with E-state index in [-0.39, 0.29) is 0 Å². The minimum absolute atomic E-state index is 0.543. The molecule has 1 fully saturated rings. The summed E-state index contributed by atoms with van der Waals surface area (Å²) in [5, 5.41) is 0. The van der Waals surface area contributed by atoms with Gasteiger partial charge in [-0.05, 0) is 31.6 Å². The van der Waals surface area contributed by atoms with Crippen LogP contribution in [0.5, 0.6) is 0 Å². The summed E-state index contributed by atoms with van der Waals surface area (Å²) in [6, 6.07) is 0. The van der Waals surface area contributed by atoms with Crippen molar-refractivity contribution in [1.82, 2.24) is 0 Å². The molecule has 0 aromatic rings. The maximum absolute atomic E-state index is 5.26. The Kier molecular flexibility index (Phi) is 2.31. The Morgan fingerprint density at radius 2 is 2.25 bits per heavy atom. The fourth-order valence-corrected chi connectivity index (χ4v) is 2.02. The predicted octanol–water partition coefficient (Wildman–Crippen LogP) is 2.69. The molecule has 1 nitrogen and oxygen atoms in total. The van der Waals surface area contributed by atoms with Crippen LogP contribution in [-0.2, 0) is 4.74 Å². The van der Waals surface area contributed by atoms with Crippen molar-refractivity contribution in [3.8, 4) is 0 Å². The molecule has 0 spiro atoms. The third-order valence-electron chi connectivity index (χ3n) is 3.00. The molecule has 0 aliphatic heterocycles. The van der Waals surface area contributed by atoms with E-state index in [2.05, 4.69) is 18.2 Å². The highest BCUT2D eigenvalue weighted by Crippen LogP contribution is 2.38. The molecule has 0 radical (unpaired) electrons. The second-order valence-electron chi connectivity index (χ2n) is 3.73. The zero-order chi connectivity index (χ0) is 8.39. The predicted molar refractivity (Wildman–Crippen MR) is 50.0 cm³/mol. The molecule has 66 valence electrons. The standard InChI is InChI=1S/C11H16O/c1-12-11-7-10(8-11)9-5-3-2-4-6-9/h2-3,5,10-11H,4,6-8H2,1H3. The van der Waals surface area contributed by atoms with Gasteiger partial charge in [-0.15, -0.1) is 0 Å². The van der Waals surface area contributed by atoms with E-state index < -0.39 is 0 Å². The van der Waals surface area contributed by atoms with Crippen molar-refractivity contribution in [3.63, 3.8) is 0 Å². The van der Waals surface area contributed by atoms with Crippen LogP contribution in [0.2, 0.25) is 0 Å². The van der Waals surface area contributed by atoms with Crippen LogP contribution in [0, 0.1) is 5.92 Å². The normalized spacial score (nSPS) is 34.2. The van der Waals surface area contributed by atoms with Crippen molar-refractivity contribution >= 4 is 0 Å². The van der Waals surface area contributed by atoms with E-state index in [0.717, 1.165) is 5.92 Å². The lowest BCUT2D eigenvalue weighted by molar-refractivity contribution is 0.0120. The second-order valence-corrected chi connectivity index (χ2v) is 3.73. The Bertz CT molecular complexity index is 209. The smallest absolute Gasteiger partial charge is 0.0582 e. The van der Waals surface area contributed by atoms with Crippen LogP contribution >= 0.6 is 0 Å². The summed E-state index contributed by atoms with van der Waals surface area (Å²) in [7, 11) is 1.82. The average Bonchev–Trinajstić information content (AvgIpc) is 2.04. The van der Waals surface area contributed by atoms with Gasteiger partial charge in [0.2, 0.25) is 0 Å². The molecule has 2 aliphatic rings. The molecule has 2 aliphatic carbocycles. The Morgan fingerprint density at radius 1 is 1.42 bits per heavy atom. The number of rotatable bonds is 2. The SMILES string of the molecule is COC1CC(C2=CC=CCC2)C1. The van der Waals surface area contributed by atoms with Gasteiger partial charge in [0, 0.05) is 7.11 Å². The first-order valence-electron chi connectivity index (χ1n) is 4.78. The van der Waals surface area contributed by atoms with Crippen LogP contribution in [0.1, 0.15) is 25.7 Å². The van der Waals surface area contributed by atoms with Crippen LogP contribution < -0.4 is 0 Å². The first kappa shape index (κ1) is 8.06. The van der Waals surface area contributed by atoms with E-state index in [4.69, 9.17) is 4.74 Å². The Balaban J connectivity index is 1.87. The van der Waals surface area contributed by atoms with Gasteiger partial charge in [-0.3, -0.25) is 0 Å². The quantitative estimate of drug-likeness (QED) is 0.609. The minimum atomic E-state index is 0.543. The lowest BCUT2D eigenvalue weighted by Gasteiger charge is -2.36. The van der Waals surface area contributed by atoms with E-state index in [1.807, 2.05) is 7.11 Å². The first-order chi connectivity index (χ1) is 5.90. The Labute approximate surface area is 74.1 Å². The molecule has 1 saturated carbocycles. The summed E-state index contributed by atoms with van der Waals surface area (Å²) in [6.45, 7) is 0. The molecule has 2 rings (SSSR count). The number of hydrogen-bond donors (Lipinski definition) is 0. The zero-order valence-corrected chi connectivity index (χ0v) is 7.62. The van der Waals surface area contributed by atoms with Gasteiger partial charge in [0.05, 0.1) is 6.10 Å². The van der Waals surface area contributed by atoms with Crippen molar-refractivity contribution in [2.75, 3.05) is 7.11 Å². The van der Waals surface area contributed by atoms with E-state index in [9.17, 15) is 0 Å². The van der Waals surface area contributed by atoms with Crippen molar-refractivity contribution in [2.45, 2.75) is 31.8 Å². The van der Waals surface area contributed by atoms with Crippen molar-refractivity contribution in [2.24, 2.45) is 5.92 Å². The molecule has 0 atom stereocenters. The van der Waals surface area contributed by atoms with Crippen LogP contribution in [0.25, 0.3) is 0 Å². The number of ether oxygens (including phenoxy) is 1. The number of methoxy groups -OCH3 is 1. The van der Waals surface area contributed by atoms with Gasteiger partial charge in [-0.2, -0.15) is 0 Å². The number of hydrogen-bond acceptors (Lipinski definition) is 1. The molecule has 0 saturated heterocycles. The monoisotopic (exact) mass is 164 g/mol. The highest BCUT2D eigenvalue weighted by molar-refractivity contribution is 5.22. The molecule has 12 heavy (non-hydrogen) atoms. The summed E-state index contributed by atoms with van der Waals surface area (Å²) < 4.78 is 5.26. The molecule has 0 aromatic heterocycles. The van der Waals surface area contributed by atoms with Crippen molar-refractivity contribution in [1.29, 1.82) is 0 Å². The summed E-state index contributed by atoms with van der Waals surface area (Å²) in [5.41, 5.74) is 1.64. The molecule has 0 bridgehead atoms. The third kappa shape index (κ3) is 1.46. The van der Waals surface area contributed by atoms with Gasteiger partial charge >= 0.3 is 0 Å². The maximum Gasteiger partial charge on any atom is 0.0582 e. The second kappa shape index (κ2) is 3.44. The molecule has 0 aromatic carbocycles. The Morgan fingerprint density at radius 3 is 2.83 bits per heavy atom. The summed E-state index contributed by atoms with van der Waals surface area (Å²) in [6.07, 6.45) is 12.3. The van der Waals surface area contributed by atoms with Gasteiger partial charge in [-0.1, -0.05) is 23.8 Å². The fourth-order valence-electron chi connectivity index (χ4n) is 2.02. The first-order valence-corrected chi connectivity index (χ1v) is 4.78. The van der Waals surface area contributed by atoms with Gasteiger partial charge < -0.3 is 4.74 Å². The van der Waals surface area contributed by atoms with Crippen LogP contribution in [-0.4, -0.2) is 13.2 Å². The number of allylic oxidation sites excluding steroid dienone is 4. The van der Waals surface area contributed by atoms with Crippen LogP contribution in [0.4, 0.5) is 0 Å². The van der Waals surface area contributed by atoms with Gasteiger partial charge in [0.1, 0.15) is 0 Å². The largest absolute Gasteiger partial charge is 0.381 e. The van der Waals surface area contributed by atoms with Gasteiger partial charge in [0.25, 0.3) is 0 Å². The molecule has 0 N–H and O–H groups in total. The van der Waals surface area contributed by atoms with Gasteiger partial charge in [0.15, 0.2) is 0 Å². The molecular formula is C11H16O. The van der Waals surface area contributed by atoms with E-state index >= 15 is 0 Å². The molecule has 0 unspecified atom stereocenters. The molecule has 0 amide bonds. The minimum Gasteiger partial charge on any atom is -0.381 e. The molecule has 1 heteroatoms. The molecule has 0 heterocycles. The fraction of sp³-hybridized carbons (Fsp3) is 0.636. The van der Waals surface area contributed by atoms with E-state index in [0.29, 0.717) is 6.10 Å². The summed E-state index contributed by atoms with van der Waals surface area (Å²) >= 11 is 0. The Hall–Kier alpha value is -0.560.